The van der Waals surface area contributed by atoms with Crippen molar-refractivity contribution in [2.75, 3.05) is 6.54 Å². The molecule has 0 radical (unpaired) electrons. The van der Waals surface area contributed by atoms with Crippen LogP contribution in [0, 0.1) is 12.8 Å². The third kappa shape index (κ3) is 3.72. The van der Waals surface area contributed by atoms with Crippen LogP contribution in [0.2, 0.25) is 0 Å². The Balaban J connectivity index is 0.00000144. The quantitative estimate of drug-likeness (QED) is 0.869. The van der Waals surface area contributed by atoms with Gasteiger partial charge in [-0.25, -0.2) is 0 Å². The second-order valence-corrected chi connectivity index (χ2v) is 4.59. The lowest BCUT2D eigenvalue weighted by Crippen LogP contribution is -2.29. The molecule has 0 amide bonds. The predicted molar refractivity (Wildman–Crippen MR) is 69.7 cm³/mol. The largest absolute Gasteiger partial charge is 0.480 e. The molecule has 1 aliphatic rings. The molecule has 94 valence electrons. The summed E-state index contributed by atoms with van der Waals surface area (Å²) < 4.78 is 0. The SMILES string of the molecule is Cc1cccc(C[C@H]2CN[C@H](C(=O)O)C2)c1.Cl. The Morgan fingerprint density at radius 2 is 2.29 bits per heavy atom. The monoisotopic (exact) mass is 255 g/mol. The van der Waals surface area contributed by atoms with Gasteiger partial charge in [0.2, 0.25) is 0 Å². The Kier molecular flexibility index (Phi) is 4.97. The van der Waals surface area contributed by atoms with Crippen LogP contribution in [0.15, 0.2) is 24.3 Å². The van der Waals surface area contributed by atoms with Crippen LogP contribution < -0.4 is 5.32 Å². The molecular formula is C13H18ClNO2. The fourth-order valence-electron chi connectivity index (χ4n) is 2.33. The fraction of sp³-hybridized carbons (Fsp3) is 0.462. The second kappa shape index (κ2) is 6.03. The predicted octanol–water partition coefficient (Wildman–Crippen LogP) is 2.02. The van der Waals surface area contributed by atoms with E-state index in [0.29, 0.717) is 5.92 Å². The Labute approximate surface area is 108 Å². The molecule has 2 rings (SSSR count). The molecule has 2 N–H and O–H groups in total. The lowest BCUT2D eigenvalue weighted by molar-refractivity contribution is -0.139. The minimum atomic E-state index is -0.730. The van der Waals surface area contributed by atoms with Gasteiger partial charge in [0, 0.05) is 0 Å². The molecule has 0 aromatic heterocycles. The van der Waals surface area contributed by atoms with Crippen molar-refractivity contribution in [1.82, 2.24) is 5.32 Å². The number of hydrogen-bond acceptors (Lipinski definition) is 2. The van der Waals surface area contributed by atoms with E-state index in [2.05, 4.69) is 36.5 Å². The zero-order valence-corrected chi connectivity index (χ0v) is 10.7. The van der Waals surface area contributed by atoms with Crippen LogP contribution in [0.1, 0.15) is 17.5 Å². The highest BCUT2D eigenvalue weighted by Crippen LogP contribution is 2.19. The molecule has 1 aromatic carbocycles. The molecule has 0 spiro atoms. The van der Waals surface area contributed by atoms with E-state index in [1.54, 1.807) is 0 Å². The maximum Gasteiger partial charge on any atom is 0.320 e. The number of carboxylic acid groups (broad SMARTS) is 1. The number of carbonyl (C=O) groups is 1. The minimum Gasteiger partial charge on any atom is -0.480 e. The molecule has 0 saturated carbocycles. The summed E-state index contributed by atoms with van der Waals surface area (Å²) in [4.78, 5) is 10.8. The molecule has 1 aromatic rings. The van der Waals surface area contributed by atoms with Gasteiger partial charge in [0.1, 0.15) is 6.04 Å². The summed E-state index contributed by atoms with van der Waals surface area (Å²) >= 11 is 0. The highest BCUT2D eigenvalue weighted by molar-refractivity contribution is 5.85. The van der Waals surface area contributed by atoms with Gasteiger partial charge in [-0.05, 0) is 37.8 Å². The molecule has 1 heterocycles. The fourth-order valence-corrected chi connectivity index (χ4v) is 2.33. The number of nitrogens with one attached hydrogen (secondary N) is 1. The summed E-state index contributed by atoms with van der Waals surface area (Å²) in [5.74, 6) is -0.283. The Morgan fingerprint density at radius 1 is 1.53 bits per heavy atom. The number of carboxylic acids is 1. The lowest BCUT2D eigenvalue weighted by Gasteiger charge is -2.08. The average molecular weight is 256 g/mol. The molecule has 3 nitrogen and oxygen atoms in total. The van der Waals surface area contributed by atoms with E-state index >= 15 is 0 Å². The van der Waals surface area contributed by atoms with Gasteiger partial charge in [0.25, 0.3) is 0 Å². The van der Waals surface area contributed by atoms with Crippen LogP contribution in [-0.4, -0.2) is 23.7 Å². The van der Waals surface area contributed by atoms with E-state index in [1.807, 2.05) is 0 Å². The van der Waals surface area contributed by atoms with Gasteiger partial charge in [-0.15, -0.1) is 12.4 Å². The van der Waals surface area contributed by atoms with Crippen LogP contribution in [-0.2, 0) is 11.2 Å². The van der Waals surface area contributed by atoms with Crippen LogP contribution >= 0.6 is 12.4 Å². The molecule has 1 saturated heterocycles. The van der Waals surface area contributed by atoms with E-state index in [1.165, 1.54) is 11.1 Å². The first kappa shape index (κ1) is 14.0. The van der Waals surface area contributed by atoms with Gasteiger partial charge in [0.15, 0.2) is 0 Å². The van der Waals surface area contributed by atoms with E-state index in [-0.39, 0.29) is 18.4 Å². The molecular weight excluding hydrogens is 238 g/mol. The Bertz CT molecular complexity index is 395. The second-order valence-electron chi connectivity index (χ2n) is 4.59. The van der Waals surface area contributed by atoms with Crippen molar-refractivity contribution in [2.45, 2.75) is 25.8 Å². The number of aliphatic carboxylic acids is 1. The average Bonchev–Trinajstić information content (AvgIpc) is 2.66. The van der Waals surface area contributed by atoms with Crippen LogP contribution in [0.4, 0.5) is 0 Å². The minimum absolute atomic E-state index is 0. The summed E-state index contributed by atoms with van der Waals surface area (Å²) in [6.07, 6.45) is 1.71. The summed E-state index contributed by atoms with van der Waals surface area (Å²) in [5.41, 5.74) is 2.57. The van der Waals surface area contributed by atoms with Gasteiger partial charge >= 0.3 is 5.97 Å². The van der Waals surface area contributed by atoms with Crippen molar-refractivity contribution >= 4 is 18.4 Å². The van der Waals surface area contributed by atoms with E-state index in [4.69, 9.17) is 5.11 Å². The van der Waals surface area contributed by atoms with Gasteiger partial charge in [0.05, 0.1) is 0 Å². The topological polar surface area (TPSA) is 49.3 Å². The van der Waals surface area contributed by atoms with Crippen LogP contribution in [0.25, 0.3) is 0 Å². The number of rotatable bonds is 3. The van der Waals surface area contributed by atoms with Gasteiger partial charge in [-0.1, -0.05) is 29.8 Å². The van der Waals surface area contributed by atoms with E-state index < -0.39 is 5.97 Å². The third-order valence-electron chi connectivity index (χ3n) is 3.13. The molecule has 4 heteroatoms. The lowest BCUT2D eigenvalue weighted by atomic mass is 9.96. The van der Waals surface area contributed by atoms with E-state index in [0.717, 1.165) is 19.4 Å². The van der Waals surface area contributed by atoms with Crippen molar-refractivity contribution < 1.29 is 9.90 Å². The normalized spacial score (nSPS) is 23.1. The first-order valence-corrected chi connectivity index (χ1v) is 5.67. The molecule has 0 aliphatic carbocycles. The number of hydrogen-bond donors (Lipinski definition) is 2. The first-order valence-electron chi connectivity index (χ1n) is 5.67. The highest BCUT2D eigenvalue weighted by atomic mass is 35.5. The zero-order valence-electron chi connectivity index (χ0n) is 9.85. The summed E-state index contributed by atoms with van der Waals surface area (Å²) in [7, 11) is 0. The first-order chi connectivity index (χ1) is 7.65. The molecule has 0 unspecified atom stereocenters. The maximum absolute atomic E-state index is 10.8. The molecule has 1 aliphatic heterocycles. The van der Waals surface area contributed by atoms with Gasteiger partial charge < -0.3 is 10.4 Å². The van der Waals surface area contributed by atoms with Crippen molar-refractivity contribution in [3.8, 4) is 0 Å². The van der Waals surface area contributed by atoms with Gasteiger partial charge in [-0.3, -0.25) is 4.79 Å². The van der Waals surface area contributed by atoms with Crippen LogP contribution in [0.3, 0.4) is 0 Å². The summed E-state index contributed by atoms with van der Waals surface area (Å²) in [6.45, 7) is 2.89. The number of benzene rings is 1. The molecule has 0 bridgehead atoms. The van der Waals surface area contributed by atoms with Crippen molar-refractivity contribution in [3.05, 3.63) is 35.4 Å². The molecule has 17 heavy (non-hydrogen) atoms. The highest BCUT2D eigenvalue weighted by Gasteiger charge is 2.28. The van der Waals surface area contributed by atoms with Crippen molar-refractivity contribution in [2.24, 2.45) is 5.92 Å². The molecule has 1 fully saturated rings. The number of aryl methyl sites for hydroxylation is 1. The summed E-state index contributed by atoms with van der Waals surface area (Å²) in [6, 6.07) is 8.07. The van der Waals surface area contributed by atoms with Crippen LogP contribution in [0.5, 0.6) is 0 Å². The number of halogens is 1. The van der Waals surface area contributed by atoms with Gasteiger partial charge in [-0.2, -0.15) is 0 Å². The molecule has 2 atom stereocenters. The van der Waals surface area contributed by atoms with Crippen molar-refractivity contribution in [1.29, 1.82) is 0 Å². The maximum atomic E-state index is 10.8. The smallest absolute Gasteiger partial charge is 0.320 e. The zero-order chi connectivity index (χ0) is 11.5. The summed E-state index contributed by atoms with van der Waals surface area (Å²) in [5, 5.41) is 11.9. The standard InChI is InChI=1S/C13H17NO2.ClH/c1-9-3-2-4-10(5-9)6-11-7-12(13(15)16)14-8-11;/h2-5,11-12,14H,6-8H2,1H3,(H,15,16);1H/t11-,12+;/m1./s1. The Morgan fingerprint density at radius 3 is 2.88 bits per heavy atom. The van der Waals surface area contributed by atoms with Crippen molar-refractivity contribution in [3.63, 3.8) is 0 Å². The third-order valence-corrected chi connectivity index (χ3v) is 3.13. The Hall–Kier alpha value is -1.06. The van der Waals surface area contributed by atoms with E-state index in [9.17, 15) is 4.79 Å².